The van der Waals surface area contributed by atoms with Crippen molar-refractivity contribution in [3.63, 3.8) is 0 Å². The Morgan fingerprint density at radius 3 is 2.55 bits per heavy atom. The molecular weight excluding hydrogens is 240 g/mol. The zero-order valence-corrected chi connectivity index (χ0v) is 12.8. The standard InChI is InChI=1S/C20H24/c1-14(2)19-10-6-9-18-13-17-8-5-4-7-16(17)11-12-20(18)15(19)3/h4-10,14-15H,11-13H2,1-3H3. The number of fused-ring (bicyclic) bond motifs is 1. The predicted molar refractivity (Wildman–Crippen MR) is 86.7 cm³/mol. The lowest BCUT2D eigenvalue weighted by Crippen LogP contribution is -2.10. The van der Waals surface area contributed by atoms with Crippen molar-refractivity contribution in [1.82, 2.24) is 0 Å². The summed E-state index contributed by atoms with van der Waals surface area (Å²) in [5, 5.41) is 0. The molecule has 0 fully saturated rings. The first kappa shape index (κ1) is 13.4. The highest BCUT2D eigenvalue weighted by atomic mass is 14.3. The van der Waals surface area contributed by atoms with Crippen LogP contribution in [-0.4, -0.2) is 0 Å². The lowest BCUT2D eigenvalue weighted by Gasteiger charge is -2.22. The highest BCUT2D eigenvalue weighted by Crippen LogP contribution is 2.37. The summed E-state index contributed by atoms with van der Waals surface area (Å²) in [6.45, 7) is 7.02. The van der Waals surface area contributed by atoms with E-state index in [1.807, 2.05) is 0 Å². The van der Waals surface area contributed by atoms with Gasteiger partial charge in [-0.05, 0) is 47.8 Å². The third kappa shape index (κ3) is 2.40. The van der Waals surface area contributed by atoms with E-state index in [-0.39, 0.29) is 0 Å². The minimum atomic E-state index is 0.592. The maximum atomic E-state index is 2.39. The molecule has 1 unspecified atom stereocenters. The van der Waals surface area contributed by atoms with Crippen LogP contribution in [0.1, 0.15) is 38.3 Å². The zero-order chi connectivity index (χ0) is 14.1. The van der Waals surface area contributed by atoms with Gasteiger partial charge in [0.15, 0.2) is 0 Å². The molecule has 2 aliphatic carbocycles. The third-order valence-electron chi connectivity index (χ3n) is 4.85. The molecule has 104 valence electrons. The Morgan fingerprint density at radius 2 is 1.80 bits per heavy atom. The fourth-order valence-corrected chi connectivity index (χ4v) is 3.70. The summed E-state index contributed by atoms with van der Waals surface area (Å²) >= 11 is 0. The number of hydrogen-bond donors (Lipinski definition) is 0. The molecule has 0 bridgehead atoms. The fourth-order valence-electron chi connectivity index (χ4n) is 3.70. The molecule has 0 amide bonds. The van der Waals surface area contributed by atoms with Crippen molar-refractivity contribution in [3.8, 4) is 0 Å². The average Bonchev–Trinajstić information content (AvgIpc) is 2.69. The van der Waals surface area contributed by atoms with E-state index in [9.17, 15) is 0 Å². The lowest BCUT2D eigenvalue weighted by molar-refractivity contribution is 0.622. The summed E-state index contributed by atoms with van der Waals surface area (Å²) in [5.74, 6) is 1.22. The first-order valence-corrected chi connectivity index (χ1v) is 7.83. The van der Waals surface area contributed by atoms with Crippen LogP contribution in [-0.2, 0) is 12.8 Å². The molecule has 0 nitrogen and oxygen atoms in total. The van der Waals surface area contributed by atoms with Crippen LogP contribution >= 0.6 is 0 Å². The first-order valence-electron chi connectivity index (χ1n) is 7.83. The van der Waals surface area contributed by atoms with Gasteiger partial charge in [0.25, 0.3) is 0 Å². The fraction of sp³-hybridized carbons (Fsp3) is 0.400. The summed E-state index contributed by atoms with van der Waals surface area (Å²) < 4.78 is 0. The van der Waals surface area contributed by atoms with E-state index in [1.54, 1.807) is 16.7 Å². The van der Waals surface area contributed by atoms with Crippen LogP contribution in [0.15, 0.2) is 59.2 Å². The first-order chi connectivity index (χ1) is 9.66. The normalized spacial score (nSPS) is 22.0. The molecule has 0 aromatic heterocycles. The van der Waals surface area contributed by atoms with Crippen molar-refractivity contribution in [1.29, 1.82) is 0 Å². The largest absolute Gasteiger partial charge is 0.0622 e. The molecule has 3 rings (SSSR count). The Morgan fingerprint density at radius 1 is 1.05 bits per heavy atom. The third-order valence-corrected chi connectivity index (χ3v) is 4.85. The minimum absolute atomic E-state index is 0.592. The monoisotopic (exact) mass is 264 g/mol. The molecule has 0 spiro atoms. The Labute approximate surface area is 122 Å². The lowest BCUT2D eigenvalue weighted by atomic mass is 9.83. The maximum Gasteiger partial charge on any atom is -0.000969 e. The maximum absolute atomic E-state index is 2.39. The van der Waals surface area contributed by atoms with Gasteiger partial charge in [0.2, 0.25) is 0 Å². The van der Waals surface area contributed by atoms with Crippen LogP contribution in [0, 0.1) is 11.8 Å². The molecule has 0 saturated carbocycles. The molecule has 0 heterocycles. The van der Waals surface area contributed by atoms with Gasteiger partial charge < -0.3 is 0 Å². The second-order valence-electron chi connectivity index (χ2n) is 6.40. The molecule has 0 radical (unpaired) electrons. The molecule has 0 saturated heterocycles. The summed E-state index contributed by atoms with van der Waals surface area (Å²) in [4.78, 5) is 0. The molecule has 1 aromatic carbocycles. The Balaban J connectivity index is 1.99. The van der Waals surface area contributed by atoms with Crippen molar-refractivity contribution < 1.29 is 0 Å². The van der Waals surface area contributed by atoms with Gasteiger partial charge in [-0.1, -0.05) is 74.4 Å². The van der Waals surface area contributed by atoms with E-state index >= 15 is 0 Å². The van der Waals surface area contributed by atoms with Gasteiger partial charge >= 0.3 is 0 Å². The second kappa shape index (κ2) is 5.44. The second-order valence-corrected chi connectivity index (χ2v) is 6.40. The van der Waals surface area contributed by atoms with Gasteiger partial charge in [0.05, 0.1) is 0 Å². The molecule has 0 heteroatoms. The molecule has 0 aliphatic heterocycles. The van der Waals surface area contributed by atoms with Crippen LogP contribution in [0.4, 0.5) is 0 Å². The Bertz CT molecular complexity index is 596. The summed E-state index contributed by atoms with van der Waals surface area (Å²) in [6.07, 6.45) is 10.5. The smallest absolute Gasteiger partial charge is 0.000969 e. The van der Waals surface area contributed by atoms with Crippen molar-refractivity contribution in [2.24, 2.45) is 11.8 Å². The van der Waals surface area contributed by atoms with E-state index in [2.05, 4.69) is 63.3 Å². The van der Waals surface area contributed by atoms with Crippen molar-refractivity contribution >= 4 is 0 Å². The van der Waals surface area contributed by atoms with Crippen LogP contribution in [0.5, 0.6) is 0 Å². The summed E-state index contributed by atoms with van der Waals surface area (Å²) in [5.41, 5.74) is 7.85. The predicted octanol–water partition coefficient (Wildman–Crippen LogP) is 5.26. The van der Waals surface area contributed by atoms with Gasteiger partial charge in [-0.3, -0.25) is 0 Å². The van der Waals surface area contributed by atoms with E-state index in [0.29, 0.717) is 11.8 Å². The van der Waals surface area contributed by atoms with Gasteiger partial charge in [-0.2, -0.15) is 0 Å². The van der Waals surface area contributed by atoms with Crippen molar-refractivity contribution in [2.75, 3.05) is 0 Å². The topological polar surface area (TPSA) is 0 Å². The van der Waals surface area contributed by atoms with E-state index < -0.39 is 0 Å². The van der Waals surface area contributed by atoms with E-state index in [4.69, 9.17) is 0 Å². The highest BCUT2D eigenvalue weighted by Gasteiger charge is 2.23. The highest BCUT2D eigenvalue weighted by molar-refractivity contribution is 5.45. The average molecular weight is 264 g/mol. The molecular formula is C20H24. The minimum Gasteiger partial charge on any atom is -0.0622 e. The zero-order valence-electron chi connectivity index (χ0n) is 12.8. The number of allylic oxidation sites excluding steroid dienone is 6. The van der Waals surface area contributed by atoms with Crippen LogP contribution in [0.2, 0.25) is 0 Å². The van der Waals surface area contributed by atoms with Crippen LogP contribution in [0.3, 0.4) is 0 Å². The number of hydrogen-bond acceptors (Lipinski definition) is 0. The molecule has 20 heavy (non-hydrogen) atoms. The Kier molecular flexibility index (Phi) is 3.65. The summed E-state index contributed by atoms with van der Waals surface area (Å²) in [7, 11) is 0. The van der Waals surface area contributed by atoms with E-state index in [0.717, 1.165) is 6.42 Å². The van der Waals surface area contributed by atoms with Crippen LogP contribution < -0.4 is 0 Å². The number of benzene rings is 1. The van der Waals surface area contributed by atoms with Gasteiger partial charge in [0.1, 0.15) is 0 Å². The SMILES string of the molecule is CC(C)C1=CC=CC2=C(CCc3ccccc3C2)C1C. The molecule has 2 aliphatic rings. The van der Waals surface area contributed by atoms with Crippen LogP contribution in [0.25, 0.3) is 0 Å². The molecule has 1 atom stereocenters. The quantitative estimate of drug-likeness (QED) is 0.649. The summed E-state index contributed by atoms with van der Waals surface area (Å²) in [6, 6.07) is 8.95. The van der Waals surface area contributed by atoms with Gasteiger partial charge in [0, 0.05) is 0 Å². The molecule has 0 N–H and O–H groups in total. The number of aryl methyl sites for hydroxylation is 1. The van der Waals surface area contributed by atoms with Crippen molar-refractivity contribution in [3.05, 3.63) is 70.3 Å². The number of rotatable bonds is 1. The van der Waals surface area contributed by atoms with Gasteiger partial charge in [-0.25, -0.2) is 0 Å². The van der Waals surface area contributed by atoms with Gasteiger partial charge in [-0.15, -0.1) is 0 Å². The van der Waals surface area contributed by atoms with Crippen molar-refractivity contribution in [2.45, 2.75) is 40.0 Å². The Hall–Kier alpha value is -1.56. The molecule has 1 aromatic rings. The van der Waals surface area contributed by atoms with E-state index in [1.165, 1.54) is 24.0 Å².